The fourth-order valence-corrected chi connectivity index (χ4v) is 0.763. The van der Waals surface area contributed by atoms with Gasteiger partial charge in [-0.2, -0.15) is 0 Å². The van der Waals surface area contributed by atoms with Gasteiger partial charge in [0.25, 0.3) is 0 Å². The van der Waals surface area contributed by atoms with E-state index in [4.69, 9.17) is 13.0 Å². The molecule has 0 aliphatic carbocycles. The molecule has 60 valence electrons. The smallest absolute Gasteiger partial charge is 0.161 e. The summed E-state index contributed by atoms with van der Waals surface area (Å²) in [6.07, 6.45) is 0. The first kappa shape index (κ1) is 3.05. The zero-order valence-corrected chi connectivity index (χ0v) is 6.01. The molecule has 2 nitrogen and oxygen atoms in total. The lowest BCUT2D eigenvalue weighted by atomic mass is 10.1. The molecule has 0 fully saturated rings. The molecule has 0 aliphatic heterocycles. The lowest BCUT2D eigenvalue weighted by Gasteiger charge is -2.06. The van der Waals surface area contributed by atoms with Crippen molar-refractivity contribution in [2.45, 2.75) is 13.7 Å². The first-order valence-electron chi connectivity index (χ1n) is 5.99. The van der Waals surface area contributed by atoms with Crippen LogP contribution < -0.4 is 4.74 Å². The molecular weight excluding hydrogens is 140 g/mol. The Balaban J connectivity index is 3.50. The summed E-state index contributed by atoms with van der Waals surface area (Å²) < 4.78 is 48.1. The molecule has 0 radical (unpaired) electrons. The van der Waals surface area contributed by atoms with Gasteiger partial charge >= 0.3 is 0 Å². The maximum atomic E-state index is 9.65. The molecule has 0 unspecified atom stereocenters. The second-order valence-corrected chi connectivity index (χ2v) is 2.07. The van der Waals surface area contributed by atoms with E-state index in [0.717, 1.165) is 12.1 Å². The maximum absolute atomic E-state index is 9.65. The molecule has 1 aromatic carbocycles. The second-order valence-electron chi connectivity index (χ2n) is 2.07. The summed E-state index contributed by atoms with van der Waals surface area (Å²) in [6.45, 7) is -5.06. The van der Waals surface area contributed by atoms with Crippen LogP contribution in [0.3, 0.4) is 0 Å². The zero-order valence-electron chi connectivity index (χ0n) is 12.0. The highest BCUT2D eigenvalue weighted by atomic mass is 16.5. The van der Waals surface area contributed by atoms with Crippen molar-refractivity contribution >= 4 is 0 Å². The van der Waals surface area contributed by atoms with Crippen LogP contribution in [0.25, 0.3) is 0 Å². The molecule has 2 heteroatoms. The Bertz CT molecular complexity index is 421. The maximum Gasteiger partial charge on any atom is 0.161 e. The molecule has 0 aliphatic rings. The number of benzene rings is 1. The van der Waals surface area contributed by atoms with Crippen LogP contribution in [0.2, 0.25) is 0 Å². The van der Waals surface area contributed by atoms with Gasteiger partial charge in [-0.3, -0.25) is 0 Å². The van der Waals surface area contributed by atoms with Gasteiger partial charge in [-0.25, -0.2) is 0 Å². The number of methoxy groups -OCH3 is 1. The van der Waals surface area contributed by atoms with Crippen LogP contribution in [-0.2, 0) is 0 Å². The normalized spacial score (nSPS) is 20.1. The number of rotatable bonds is 1. The molecule has 0 aromatic heterocycles. The van der Waals surface area contributed by atoms with Gasteiger partial charge in [0.1, 0.15) is 0 Å². The highest BCUT2D eigenvalue weighted by Crippen LogP contribution is 2.30. The average molecular weight is 158 g/mol. The fraction of sp³-hybridized carbons (Fsp3) is 0.333. The van der Waals surface area contributed by atoms with E-state index in [0.29, 0.717) is 0 Å². The van der Waals surface area contributed by atoms with Gasteiger partial charge in [-0.1, -0.05) is 6.07 Å². The average Bonchev–Trinajstić information content (AvgIpc) is 2.14. The zero-order chi connectivity index (χ0) is 13.4. The number of ether oxygens (including phenoxy) is 1. The Hall–Kier alpha value is -1.18. The summed E-state index contributed by atoms with van der Waals surface area (Å²) >= 11 is 0. The van der Waals surface area contributed by atoms with Crippen molar-refractivity contribution in [3.63, 3.8) is 0 Å². The molecular formula is C9H12O2. The Morgan fingerprint density at radius 2 is 2.27 bits per heavy atom. The Morgan fingerprint density at radius 1 is 1.45 bits per heavy atom. The first-order valence-corrected chi connectivity index (χ1v) is 2.99. The van der Waals surface area contributed by atoms with Gasteiger partial charge in [-0.05, 0) is 30.9 Å². The van der Waals surface area contributed by atoms with Gasteiger partial charge < -0.3 is 9.84 Å². The second kappa shape index (κ2) is 2.82. The first-order chi connectivity index (χ1) is 7.57. The fourth-order valence-electron chi connectivity index (χ4n) is 0.763. The van der Waals surface area contributed by atoms with Crippen LogP contribution in [0.5, 0.6) is 11.5 Å². The SMILES string of the molecule is [2H]C([2H])([2H])c1cc(OC)c(O)c(C([2H])([2H])[2H])c1. The minimum Gasteiger partial charge on any atom is -0.504 e. The summed E-state index contributed by atoms with van der Waals surface area (Å²) in [5, 5.41) is 9.65. The number of phenols is 1. The summed E-state index contributed by atoms with van der Waals surface area (Å²) in [6, 6.07) is 2.06. The number of aryl methyl sites for hydroxylation is 2. The minimum atomic E-state index is -2.60. The Labute approximate surface area is 74.9 Å². The van der Waals surface area contributed by atoms with Crippen molar-refractivity contribution < 1.29 is 18.1 Å². The Morgan fingerprint density at radius 3 is 2.82 bits per heavy atom. The van der Waals surface area contributed by atoms with E-state index in [1.54, 1.807) is 0 Å². The van der Waals surface area contributed by atoms with Crippen LogP contribution in [0.4, 0.5) is 0 Å². The van der Waals surface area contributed by atoms with Crippen molar-refractivity contribution in [3.05, 3.63) is 23.3 Å². The van der Waals surface area contributed by atoms with E-state index in [9.17, 15) is 5.11 Å². The number of hydrogen-bond acceptors (Lipinski definition) is 2. The molecule has 1 aromatic rings. The molecule has 1 rings (SSSR count). The predicted molar refractivity (Wildman–Crippen MR) is 44.1 cm³/mol. The lowest BCUT2D eigenvalue weighted by Crippen LogP contribution is -1.86. The Kier molecular flexibility index (Phi) is 0.784. The topological polar surface area (TPSA) is 29.5 Å². The van der Waals surface area contributed by atoms with Gasteiger partial charge in [0, 0.05) is 8.22 Å². The highest BCUT2D eigenvalue weighted by Gasteiger charge is 2.03. The van der Waals surface area contributed by atoms with E-state index in [1.807, 2.05) is 0 Å². The van der Waals surface area contributed by atoms with E-state index in [-0.39, 0.29) is 11.3 Å². The van der Waals surface area contributed by atoms with E-state index in [1.165, 1.54) is 7.11 Å². The molecule has 0 amide bonds. The van der Waals surface area contributed by atoms with Gasteiger partial charge in [-0.15, -0.1) is 0 Å². The summed E-state index contributed by atoms with van der Waals surface area (Å²) in [7, 11) is 1.22. The summed E-state index contributed by atoms with van der Waals surface area (Å²) in [5.74, 6) is -0.717. The highest BCUT2D eigenvalue weighted by molar-refractivity contribution is 5.47. The quantitative estimate of drug-likeness (QED) is 0.677. The molecule has 0 bridgehead atoms. The molecule has 1 N–H and O–H groups in total. The molecule has 0 saturated heterocycles. The molecule has 11 heavy (non-hydrogen) atoms. The van der Waals surface area contributed by atoms with Crippen molar-refractivity contribution in [1.29, 1.82) is 0 Å². The number of aromatic hydroxyl groups is 1. The monoisotopic (exact) mass is 158 g/mol. The number of phenolic OH excluding ortho intramolecular Hbond substituents is 1. The van der Waals surface area contributed by atoms with Crippen molar-refractivity contribution in [2.75, 3.05) is 7.11 Å². The third-order valence-corrected chi connectivity index (χ3v) is 1.29. The van der Waals surface area contributed by atoms with Gasteiger partial charge in [0.2, 0.25) is 0 Å². The predicted octanol–water partition coefficient (Wildman–Crippen LogP) is 2.02. The van der Waals surface area contributed by atoms with Crippen LogP contribution in [0.1, 0.15) is 19.4 Å². The van der Waals surface area contributed by atoms with Gasteiger partial charge in [0.15, 0.2) is 11.5 Å². The third-order valence-electron chi connectivity index (χ3n) is 1.29. The van der Waals surface area contributed by atoms with Crippen LogP contribution in [-0.4, -0.2) is 12.2 Å². The van der Waals surface area contributed by atoms with Crippen LogP contribution in [0.15, 0.2) is 12.1 Å². The largest absolute Gasteiger partial charge is 0.504 e. The van der Waals surface area contributed by atoms with E-state index >= 15 is 0 Å². The summed E-state index contributed by atoms with van der Waals surface area (Å²) in [4.78, 5) is 0. The van der Waals surface area contributed by atoms with E-state index in [2.05, 4.69) is 0 Å². The number of hydrogen-bond donors (Lipinski definition) is 1. The third kappa shape index (κ3) is 1.45. The summed E-state index contributed by atoms with van der Waals surface area (Å²) in [5.41, 5.74) is -0.610. The van der Waals surface area contributed by atoms with Gasteiger partial charge in [0.05, 0.1) is 7.11 Å². The van der Waals surface area contributed by atoms with Crippen LogP contribution >= 0.6 is 0 Å². The van der Waals surface area contributed by atoms with Crippen molar-refractivity contribution in [3.8, 4) is 11.5 Å². The van der Waals surface area contributed by atoms with Crippen molar-refractivity contribution in [2.24, 2.45) is 0 Å². The molecule has 0 saturated carbocycles. The lowest BCUT2D eigenvalue weighted by molar-refractivity contribution is 0.371. The van der Waals surface area contributed by atoms with Crippen molar-refractivity contribution in [1.82, 2.24) is 0 Å². The standard InChI is InChI=1S/C9H12O2/c1-6-4-7(2)9(10)8(5-6)11-3/h4-5,10H,1-3H3/i1D3,2D3. The molecule has 0 heterocycles. The molecule has 0 spiro atoms. The molecule has 0 atom stereocenters. The van der Waals surface area contributed by atoms with Crippen LogP contribution in [0, 0.1) is 13.7 Å². The van der Waals surface area contributed by atoms with E-state index < -0.39 is 25.0 Å². The minimum absolute atomic E-state index is 0.162.